The average Bonchev–Trinajstić information content (AvgIpc) is 3.14. The molecule has 0 N–H and O–H groups in total. The van der Waals surface area contributed by atoms with Crippen molar-refractivity contribution in [2.45, 2.75) is 24.0 Å². The minimum Gasteiger partial charge on any atom is -0.493 e. The van der Waals surface area contributed by atoms with Crippen molar-refractivity contribution in [3.8, 4) is 17.2 Å². The van der Waals surface area contributed by atoms with Gasteiger partial charge >= 0.3 is 0 Å². The summed E-state index contributed by atoms with van der Waals surface area (Å²) in [5.74, 6) is 1.63. The van der Waals surface area contributed by atoms with Gasteiger partial charge in [-0.1, -0.05) is 6.92 Å². The Morgan fingerprint density at radius 3 is 2.12 bits per heavy atom. The second-order valence-electron chi connectivity index (χ2n) is 5.68. The van der Waals surface area contributed by atoms with Crippen LogP contribution in [0.15, 0.2) is 28.5 Å². The van der Waals surface area contributed by atoms with E-state index in [4.69, 9.17) is 14.2 Å². The minimum atomic E-state index is -3.48. The lowest BCUT2D eigenvalue weighted by Crippen LogP contribution is -2.28. The summed E-state index contributed by atoms with van der Waals surface area (Å²) in [6, 6.07) is 7.21. The monoisotopic (exact) mass is 399 g/mol. The minimum absolute atomic E-state index is 0.348. The number of hydrogen-bond acceptors (Lipinski definition) is 6. The third kappa shape index (κ3) is 4.31. The van der Waals surface area contributed by atoms with Crippen molar-refractivity contribution in [3.63, 3.8) is 0 Å². The molecule has 0 saturated heterocycles. The molecule has 0 amide bonds. The number of likely N-dealkylation sites (N-methyl/N-ethyl adjacent to an activating group) is 1. The molecule has 0 spiro atoms. The molecule has 0 aliphatic carbocycles. The second kappa shape index (κ2) is 8.75. The lowest BCUT2D eigenvalue weighted by atomic mass is 10.1. The van der Waals surface area contributed by atoms with Crippen molar-refractivity contribution < 1.29 is 22.6 Å². The smallest absolute Gasteiger partial charge is 0.252 e. The molecule has 0 aliphatic heterocycles. The van der Waals surface area contributed by atoms with E-state index >= 15 is 0 Å². The fourth-order valence-electron chi connectivity index (χ4n) is 2.53. The second-order valence-corrected chi connectivity index (χ2v) is 9.12. The standard InChI is InChI=1S/C18H25NO5S2/c1-6-14-7-8-17(25-14)26(20,21)19(2)10-9-13-11-15(22-3)18(24-5)16(12-13)23-4/h7-8,11-12H,6,9-10H2,1-5H3. The van der Waals surface area contributed by atoms with Crippen LogP contribution in [0.3, 0.4) is 0 Å². The predicted molar refractivity (Wildman–Crippen MR) is 103 cm³/mol. The first-order valence-corrected chi connectivity index (χ1v) is 10.5. The molecule has 0 radical (unpaired) electrons. The lowest BCUT2D eigenvalue weighted by molar-refractivity contribution is 0.323. The van der Waals surface area contributed by atoms with Gasteiger partial charge in [0.1, 0.15) is 4.21 Å². The van der Waals surface area contributed by atoms with Crippen LogP contribution in [0.25, 0.3) is 0 Å². The molecule has 1 aromatic carbocycles. The lowest BCUT2D eigenvalue weighted by Gasteiger charge is -2.17. The number of aryl methyl sites for hydroxylation is 1. The Balaban J connectivity index is 2.17. The van der Waals surface area contributed by atoms with E-state index in [0.717, 1.165) is 16.9 Å². The maximum absolute atomic E-state index is 12.7. The number of hydrogen-bond donors (Lipinski definition) is 0. The van der Waals surface area contributed by atoms with Gasteiger partial charge in [0.2, 0.25) is 5.75 Å². The molecular weight excluding hydrogens is 374 g/mol. The summed E-state index contributed by atoms with van der Waals surface area (Å²) in [6.07, 6.45) is 1.35. The Morgan fingerprint density at radius 1 is 1.04 bits per heavy atom. The molecule has 0 bridgehead atoms. The third-order valence-electron chi connectivity index (χ3n) is 4.09. The molecule has 0 fully saturated rings. The Morgan fingerprint density at radius 2 is 1.65 bits per heavy atom. The molecule has 0 atom stereocenters. The van der Waals surface area contributed by atoms with E-state index in [2.05, 4.69) is 0 Å². The quantitative estimate of drug-likeness (QED) is 0.648. The molecule has 0 saturated carbocycles. The molecule has 26 heavy (non-hydrogen) atoms. The third-order valence-corrected chi connectivity index (χ3v) is 7.64. The van der Waals surface area contributed by atoms with Crippen molar-refractivity contribution in [2.24, 2.45) is 0 Å². The maximum atomic E-state index is 12.7. The van der Waals surface area contributed by atoms with Crippen LogP contribution in [0.4, 0.5) is 0 Å². The summed E-state index contributed by atoms with van der Waals surface area (Å²) in [6.45, 7) is 2.36. The molecule has 144 valence electrons. The summed E-state index contributed by atoms with van der Waals surface area (Å²) in [5.41, 5.74) is 0.905. The fourth-order valence-corrected chi connectivity index (χ4v) is 5.20. The zero-order chi connectivity index (χ0) is 19.3. The number of benzene rings is 1. The highest BCUT2D eigenvalue weighted by Gasteiger charge is 2.23. The molecule has 0 unspecified atom stereocenters. The number of sulfonamides is 1. The Bertz CT molecular complexity index is 820. The summed E-state index contributed by atoms with van der Waals surface area (Å²) < 4.78 is 43.1. The molecule has 1 aromatic heterocycles. The van der Waals surface area contributed by atoms with Crippen molar-refractivity contribution >= 4 is 21.4 Å². The van der Waals surface area contributed by atoms with E-state index in [1.807, 2.05) is 25.1 Å². The van der Waals surface area contributed by atoms with Gasteiger partial charge in [0.05, 0.1) is 21.3 Å². The highest BCUT2D eigenvalue weighted by molar-refractivity contribution is 7.91. The summed E-state index contributed by atoms with van der Waals surface area (Å²) in [4.78, 5) is 1.06. The average molecular weight is 400 g/mol. The highest BCUT2D eigenvalue weighted by Crippen LogP contribution is 2.38. The Labute approximate surface area is 159 Å². The largest absolute Gasteiger partial charge is 0.493 e. The zero-order valence-electron chi connectivity index (χ0n) is 15.7. The molecule has 1 heterocycles. The van der Waals surface area contributed by atoms with Gasteiger partial charge in [-0.3, -0.25) is 0 Å². The van der Waals surface area contributed by atoms with E-state index in [-0.39, 0.29) is 0 Å². The van der Waals surface area contributed by atoms with Crippen LogP contribution in [0.1, 0.15) is 17.4 Å². The van der Waals surface area contributed by atoms with Crippen LogP contribution in [-0.2, 0) is 22.9 Å². The molecular formula is C18H25NO5S2. The number of nitrogens with zero attached hydrogens (tertiary/aromatic N) is 1. The van der Waals surface area contributed by atoms with E-state index < -0.39 is 10.0 Å². The van der Waals surface area contributed by atoms with Gasteiger partial charge in [-0.2, -0.15) is 4.31 Å². The predicted octanol–water partition coefficient (Wildman–Crippen LogP) is 3.20. The van der Waals surface area contributed by atoms with Crippen LogP contribution in [0, 0.1) is 0 Å². The van der Waals surface area contributed by atoms with Crippen molar-refractivity contribution in [3.05, 3.63) is 34.7 Å². The molecule has 8 heteroatoms. The molecule has 6 nitrogen and oxygen atoms in total. The SMILES string of the molecule is CCc1ccc(S(=O)(=O)N(C)CCc2cc(OC)c(OC)c(OC)c2)s1. The van der Waals surface area contributed by atoms with Gasteiger partial charge in [0.25, 0.3) is 10.0 Å². The van der Waals surface area contributed by atoms with Gasteiger partial charge in [-0.15, -0.1) is 11.3 Å². The zero-order valence-corrected chi connectivity index (χ0v) is 17.4. The van der Waals surface area contributed by atoms with Gasteiger partial charge < -0.3 is 14.2 Å². The number of ether oxygens (including phenoxy) is 3. The maximum Gasteiger partial charge on any atom is 0.252 e. The number of thiophene rings is 1. The van der Waals surface area contributed by atoms with Crippen molar-refractivity contribution in [2.75, 3.05) is 34.9 Å². The highest BCUT2D eigenvalue weighted by atomic mass is 32.2. The topological polar surface area (TPSA) is 65.1 Å². The van der Waals surface area contributed by atoms with E-state index in [0.29, 0.717) is 34.4 Å². The fraction of sp³-hybridized carbons (Fsp3) is 0.444. The van der Waals surface area contributed by atoms with Crippen LogP contribution >= 0.6 is 11.3 Å². The number of rotatable bonds is 9. The van der Waals surface area contributed by atoms with Crippen LogP contribution in [-0.4, -0.2) is 47.6 Å². The van der Waals surface area contributed by atoms with E-state index in [1.165, 1.54) is 15.6 Å². The molecule has 2 rings (SSSR count). The van der Waals surface area contributed by atoms with Crippen molar-refractivity contribution in [1.29, 1.82) is 0 Å². The summed E-state index contributed by atoms with van der Waals surface area (Å²) >= 11 is 1.32. The van der Waals surface area contributed by atoms with Gasteiger partial charge in [-0.25, -0.2) is 8.42 Å². The normalized spacial score (nSPS) is 11.6. The van der Waals surface area contributed by atoms with E-state index in [9.17, 15) is 8.42 Å². The van der Waals surface area contributed by atoms with Gasteiger partial charge in [-0.05, 0) is 42.7 Å². The first-order valence-electron chi connectivity index (χ1n) is 8.21. The molecule has 2 aromatic rings. The van der Waals surface area contributed by atoms with Gasteiger partial charge in [0, 0.05) is 18.5 Å². The first-order chi connectivity index (χ1) is 12.4. The Hall–Kier alpha value is -1.77. The van der Waals surface area contributed by atoms with Gasteiger partial charge in [0.15, 0.2) is 11.5 Å². The molecule has 0 aliphatic rings. The van der Waals surface area contributed by atoms with Crippen molar-refractivity contribution in [1.82, 2.24) is 4.31 Å². The first kappa shape index (κ1) is 20.5. The van der Waals surface area contributed by atoms with Crippen LogP contribution < -0.4 is 14.2 Å². The van der Waals surface area contributed by atoms with E-state index in [1.54, 1.807) is 34.4 Å². The Kier molecular flexibility index (Phi) is 6.91. The van der Waals surface area contributed by atoms with Crippen LogP contribution in [0.2, 0.25) is 0 Å². The summed E-state index contributed by atoms with van der Waals surface area (Å²) in [7, 11) is 2.78. The van der Waals surface area contributed by atoms with Crippen LogP contribution in [0.5, 0.6) is 17.2 Å². The summed E-state index contributed by atoms with van der Waals surface area (Å²) in [5, 5.41) is 0. The number of methoxy groups -OCH3 is 3.